The first-order valence-electron chi connectivity index (χ1n) is 6.67. The van der Waals surface area contributed by atoms with Crippen LogP contribution in [0.1, 0.15) is 19.3 Å². The lowest BCUT2D eigenvalue weighted by Gasteiger charge is -2.30. The minimum atomic E-state index is -3.35. The molecule has 1 aliphatic rings. The second-order valence-corrected chi connectivity index (χ2v) is 7.03. The lowest BCUT2D eigenvalue weighted by Crippen LogP contribution is -2.38. The van der Waals surface area contributed by atoms with E-state index in [1.54, 1.807) is 17.5 Å². The molecular weight excluding hydrogens is 264 g/mol. The summed E-state index contributed by atoms with van der Waals surface area (Å²) in [5.74, 6) is 0.632. The summed E-state index contributed by atoms with van der Waals surface area (Å²) in [5.41, 5.74) is 0. The summed E-state index contributed by atoms with van der Waals surface area (Å²) in [7, 11) is 0.321. The Balaban J connectivity index is 1.97. The fraction of sp³-hybridized carbons (Fsp3) is 0.750. The van der Waals surface area contributed by atoms with Gasteiger partial charge in [0, 0.05) is 26.3 Å². The van der Waals surface area contributed by atoms with Crippen molar-refractivity contribution < 1.29 is 8.42 Å². The van der Waals surface area contributed by atoms with Crippen LogP contribution in [-0.4, -0.2) is 49.2 Å². The smallest absolute Gasteiger partial charge is 0.246 e. The fourth-order valence-electron chi connectivity index (χ4n) is 2.47. The number of hydrogen-bond donors (Lipinski definition) is 1. The summed E-state index contributed by atoms with van der Waals surface area (Å²) in [5, 5.41) is 7.08. The van der Waals surface area contributed by atoms with Gasteiger partial charge in [0.2, 0.25) is 10.0 Å². The topological polar surface area (TPSA) is 67.2 Å². The molecule has 0 aromatic carbocycles. The first-order valence-corrected chi connectivity index (χ1v) is 8.11. The van der Waals surface area contributed by atoms with E-state index in [1.807, 2.05) is 7.05 Å². The second kappa shape index (κ2) is 6.02. The molecule has 2 rings (SSSR count). The minimum Gasteiger partial charge on any atom is -0.320 e. The molecule has 0 radical (unpaired) electrons. The quantitative estimate of drug-likeness (QED) is 0.852. The summed E-state index contributed by atoms with van der Waals surface area (Å²) >= 11 is 0. The lowest BCUT2D eigenvalue weighted by molar-refractivity contribution is 0.263. The highest BCUT2D eigenvalue weighted by Crippen LogP contribution is 2.24. The predicted octanol–water partition coefficient (Wildman–Crippen LogP) is 0.430. The van der Waals surface area contributed by atoms with Crippen molar-refractivity contribution in [2.75, 3.05) is 26.7 Å². The van der Waals surface area contributed by atoms with E-state index in [4.69, 9.17) is 0 Å². The van der Waals surface area contributed by atoms with Gasteiger partial charge in [-0.3, -0.25) is 4.68 Å². The van der Waals surface area contributed by atoms with Gasteiger partial charge in [-0.2, -0.15) is 9.40 Å². The Bertz CT molecular complexity index is 504. The Labute approximate surface area is 114 Å². The molecule has 0 bridgehead atoms. The molecule has 1 aromatic rings. The number of sulfonamides is 1. The van der Waals surface area contributed by atoms with E-state index in [-0.39, 0.29) is 0 Å². The summed E-state index contributed by atoms with van der Waals surface area (Å²) in [4.78, 5) is 0.295. The van der Waals surface area contributed by atoms with Gasteiger partial charge in [-0.25, -0.2) is 8.42 Å². The zero-order valence-corrected chi connectivity index (χ0v) is 12.4. The van der Waals surface area contributed by atoms with Gasteiger partial charge >= 0.3 is 0 Å². The Morgan fingerprint density at radius 3 is 2.63 bits per heavy atom. The predicted molar refractivity (Wildman–Crippen MR) is 73.2 cm³/mol. The molecule has 19 heavy (non-hydrogen) atoms. The maximum absolute atomic E-state index is 12.4. The van der Waals surface area contributed by atoms with Gasteiger partial charge in [0.25, 0.3) is 0 Å². The maximum Gasteiger partial charge on any atom is 0.246 e. The molecule has 0 atom stereocenters. The number of aryl methyl sites for hydroxylation is 1. The first-order chi connectivity index (χ1) is 9.04. The monoisotopic (exact) mass is 286 g/mol. The van der Waals surface area contributed by atoms with Crippen LogP contribution < -0.4 is 5.32 Å². The Morgan fingerprint density at radius 2 is 2.11 bits per heavy atom. The average Bonchev–Trinajstić information content (AvgIpc) is 2.84. The van der Waals surface area contributed by atoms with Crippen molar-refractivity contribution in [2.45, 2.75) is 24.2 Å². The van der Waals surface area contributed by atoms with Gasteiger partial charge in [0.1, 0.15) is 4.90 Å². The number of nitrogens with zero attached hydrogens (tertiary/aromatic N) is 3. The number of aromatic nitrogens is 2. The van der Waals surface area contributed by atoms with Crippen LogP contribution in [0.2, 0.25) is 0 Å². The Kier molecular flexibility index (Phi) is 4.59. The van der Waals surface area contributed by atoms with E-state index in [0.29, 0.717) is 23.9 Å². The molecule has 108 valence electrons. The van der Waals surface area contributed by atoms with Crippen LogP contribution >= 0.6 is 0 Å². The largest absolute Gasteiger partial charge is 0.320 e. The molecule has 7 heteroatoms. The molecule has 1 aromatic heterocycles. The van der Waals surface area contributed by atoms with Gasteiger partial charge in [-0.05, 0) is 38.8 Å². The highest BCUT2D eigenvalue weighted by molar-refractivity contribution is 7.89. The molecular formula is C12H22N4O2S. The molecule has 1 aliphatic heterocycles. The third-order valence-electron chi connectivity index (χ3n) is 3.70. The zero-order valence-electron chi connectivity index (χ0n) is 11.5. The van der Waals surface area contributed by atoms with Crippen molar-refractivity contribution in [3.05, 3.63) is 12.4 Å². The summed E-state index contributed by atoms with van der Waals surface area (Å²) in [6, 6.07) is 0. The van der Waals surface area contributed by atoms with Crippen LogP contribution in [0.5, 0.6) is 0 Å². The first kappa shape index (κ1) is 14.5. The third-order valence-corrected chi connectivity index (χ3v) is 5.55. The highest BCUT2D eigenvalue weighted by Gasteiger charge is 2.29. The molecule has 0 saturated carbocycles. The Hall–Kier alpha value is -0.920. The molecule has 6 nitrogen and oxygen atoms in total. The van der Waals surface area contributed by atoms with Crippen molar-refractivity contribution >= 4 is 10.0 Å². The van der Waals surface area contributed by atoms with Crippen molar-refractivity contribution in [3.8, 4) is 0 Å². The standard InChI is InChI=1S/C12H22N4O2S/c1-13-6-3-11-4-7-16(8-5-11)19(17,18)12-9-14-15(2)10-12/h9-11,13H,3-8H2,1-2H3. The summed E-state index contributed by atoms with van der Waals surface area (Å²) in [6.07, 6.45) is 5.99. The molecule has 0 amide bonds. The van der Waals surface area contributed by atoms with Crippen molar-refractivity contribution in [1.82, 2.24) is 19.4 Å². The number of rotatable bonds is 5. The van der Waals surface area contributed by atoms with Gasteiger partial charge in [0.05, 0.1) is 6.20 Å². The molecule has 1 N–H and O–H groups in total. The summed E-state index contributed by atoms with van der Waals surface area (Å²) in [6.45, 7) is 2.23. The van der Waals surface area contributed by atoms with E-state index in [0.717, 1.165) is 25.8 Å². The van der Waals surface area contributed by atoms with E-state index < -0.39 is 10.0 Å². The van der Waals surface area contributed by atoms with Crippen LogP contribution in [0, 0.1) is 5.92 Å². The molecule has 0 aliphatic carbocycles. The van der Waals surface area contributed by atoms with Gasteiger partial charge < -0.3 is 5.32 Å². The van der Waals surface area contributed by atoms with Gasteiger partial charge in [0.15, 0.2) is 0 Å². The fourth-order valence-corrected chi connectivity index (χ4v) is 3.92. The van der Waals surface area contributed by atoms with Crippen molar-refractivity contribution in [1.29, 1.82) is 0 Å². The minimum absolute atomic E-state index is 0.295. The van der Waals surface area contributed by atoms with E-state index >= 15 is 0 Å². The highest BCUT2D eigenvalue weighted by atomic mass is 32.2. The van der Waals surface area contributed by atoms with Crippen molar-refractivity contribution in [2.24, 2.45) is 13.0 Å². The Morgan fingerprint density at radius 1 is 1.42 bits per heavy atom. The molecule has 2 heterocycles. The van der Waals surface area contributed by atoms with Crippen LogP contribution in [0.4, 0.5) is 0 Å². The normalized spacial score (nSPS) is 18.8. The molecule has 0 spiro atoms. The van der Waals surface area contributed by atoms with Crippen molar-refractivity contribution in [3.63, 3.8) is 0 Å². The molecule has 0 unspecified atom stereocenters. The average molecular weight is 286 g/mol. The van der Waals surface area contributed by atoms with E-state index in [2.05, 4.69) is 10.4 Å². The third kappa shape index (κ3) is 3.34. The van der Waals surface area contributed by atoms with Gasteiger partial charge in [-0.15, -0.1) is 0 Å². The number of piperidine rings is 1. The summed E-state index contributed by atoms with van der Waals surface area (Å²) < 4.78 is 27.9. The van der Waals surface area contributed by atoms with Crippen LogP contribution in [0.25, 0.3) is 0 Å². The zero-order chi connectivity index (χ0) is 13.9. The molecule has 1 saturated heterocycles. The van der Waals surface area contributed by atoms with Gasteiger partial charge in [-0.1, -0.05) is 0 Å². The van der Waals surface area contributed by atoms with Crippen LogP contribution in [0.15, 0.2) is 17.3 Å². The van der Waals surface area contributed by atoms with E-state index in [9.17, 15) is 8.42 Å². The second-order valence-electron chi connectivity index (χ2n) is 5.09. The van der Waals surface area contributed by atoms with Crippen LogP contribution in [-0.2, 0) is 17.1 Å². The maximum atomic E-state index is 12.4. The number of hydrogen-bond acceptors (Lipinski definition) is 4. The van der Waals surface area contributed by atoms with E-state index in [1.165, 1.54) is 10.9 Å². The lowest BCUT2D eigenvalue weighted by atomic mass is 9.95. The SMILES string of the molecule is CNCCC1CCN(S(=O)(=O)c2cnn(C)c2)CC1. The van der Waals surface area contributed by atoms with Crippen LogP contribution in [0.3, 0.4) is 0 Å². The molecule has 1 fully saturated rings. The number of nitrogens with one attached hydrogen (secondary N) is 1.